The Balaban J connectivity index is 1.91. The molecule has 100 valence electrons. The van der Waals surface area contributed by atoms with Gasteiger partial charge in [0.05, 0.1) is 29.3 Å². The summed E-state index contributed by atoms with van der Waals surface area (Å²) < 4.78 is 0. The maximum absolute atomic E-state index is 12.0. The summed E-state index contributed by atoms with van der Waals surface area (Å²) in [5.74, 6) is 0.375. The van der Waals surface area contributed by atoms with Gasteiger partial charge in [0.1, 0.15) is 0 Å². The Morgan fingerprint density at radius 3 is 2.89 bits per heavy atom. The first-order chi connectivity index (χ1) is 8.57. The van der Waals surface area contributed by atoms with Gasteiger partial charge in [-0.3, -0.25) is 4.79 Å². The molecule has 0 radical (unpaired) electrons. The Bertz CT molecular complexity index is 428. The van der Waals surface area contributed by atoms with E-state index in [1.54, 1.807) is 11.3 Å². The lowest BCUT2D eigenvalue weighted by atomic mass is 9.96. The summed E-state index contributed by atoms with van der Waals surface area (Å²) in [6, 6.07) is 0. The zero-order valence-electron chi connectivity index (χ0n) is 10.9. The zero-order valence-corrected chi connectivity index (χ0v) is 11.7. The summed E-state index contributed by atoms with van der Waals surface area (Å²) in [4.78, 5) is 16.3. The number of aliphatic hydroxyl groups is 1. The highest BCUT2D eigenvalue weighted by atomic mass is 32.1. The molecule has 1 atom stereocenters. The van der Waals surface area contributed by atoms with Crippen LogP contribution in [0.5, 0.6) is 0 Å². The van der Waals surface area contributed by atoms with Gasteiger partial charge in [0.15, 0.2) is 0 Å². The molecule has 1 aliphatic rings. The number of aryl methyl sites for hydroxylation is 1. The summed E-state index contributed by atoms with van der Waals surface area (Å²) >= 11 is 1.59. The van der Waals surface area contributed by atoms with Gasteiger partial charge in [-0.1, -0.05) is 6.92 Å². The van der Waals surface area contributed by atoms with Crippen LogP contribution < -0.4 is 5.32 Å². The van der Waals surface area contributed by atoms with Gasteiger partial charge in [-0.15, -0.1) is 11.3 Å². The van der Waals surface area contributed by atoms with E-state index >= 15 is 0 Å². The Morgan fingerprint density at radius 2 is 2.39 bits per heavy atom. The molecule has 1 aromatic rings. The molecular weight excluding hydrogens is 248 g/mol. The summed E-state index contributed by atoms with van der Waals surface area (Å²) in [6.45, 7) is 3.97. The number of rotatable bonds is 6. The molecule has 5 heteroatoms. The fraction of sp³-hybridized carbons (Fsp3) is 0.692. The predicted molar refractivity (Wildman–Crippen MR) is 71.6 cm³/mol. The molecule has 2 N–H and O–H groups in total. The second-order valence-electron chi connectivity index (χ2n) is 5.16. The molecule has 18 heavy (non-hydrogen) atoms. The fourth-order valence-corrected chi connectivity index (χ4v) is 2.86. The van der Waals surface area contributed by atoms with Crippen molar-refractivity contribution in [3.05, 3.63) is 16.1 Å². The number of nitrogens with one attached hydrogen (secondary N) is 1. The van der Waals surface area contributed by atoms with E-state index in [0.29, 0.717) is 12.3 Å². The number of carbonyl (C=O) groups excluding carboxylic acids is 1. The number of carbonyl (C=O) groups is 1. The molecule has 1 fully saturated rings. The van der Waals surface area contributed by atoms with Crippen LogP contribution in [0.1, 0.15) is 37.4 Å². The van der Waals surface area contributed by atoms with E-state index in [-0.39, 0.29) is 12.5 Å². The van der Waals surface area contributed by atoms with E-state index in [4.69, 9.17) is 0 Å². The number of hydrogen-bond donors (Lipinski definition) is 2. The fourth-order valence-electron chi connectivity index (χ4n) is 2.11. The smallest absolute Gasteiger partial charge is 0.226 e. The Labute approximate surface area is 111 Å². The maximum atomic E-state index is 12.0. The van der Waals surface area contributed by atoms with Crippen LogP contribution in [0, 0.1) is 5.92 Å². The third kappa shape index (κ3) is 3.09. The Morgan fingerprint density at radius 1 is 1.67 bits per heavy atom. The van der Waals surface area contributed by atoms with Crippen molar-refractivity contribution in [1.82, 2.24) is 10.3 Å². The van der Waals surface area contributed by atoms with Gasteiger partial charge in [0, 0.05) is 5.38 Å². The first-order valence-corrected chi connectivity index (χ1v) is 7.30. The SMILES string of the molecule is CCc1nc(CC(=O)NC(C)(CO)C2CC2)cs1. The molecule has 1 saturated carbocycles. The third-order valence-corrected chi connectivity index (χ3v) is 4.52. The minimum atomic E-state index is -0.458. The van der Waals surface area contributed by atoms with E-state index in [0.717, 1.165) is 30.0 Å². The van der Waals surface area contributed by atoms with E-state index in [1.165, 1.54) is 0 Å². The van der Waals surface area contributed by atoms with Crippen LogP contribution in [0.4, 0.5) is 0 Å². The summed E-state index contributed by atoms with van der Waals surface area (Å²) in [5.41, 5.74) is 0.367. The standard InChI is InChI=1S/C13H20N2O2S/c1-3-12-14-10(7-18-12)6-11(17)15-13(2,8-16)9-4-5-9/h7,9,16H,3-6,8H2,1-2H3,(H,15,17). The minimum absolute atomic E-state index is 0.000677. The number of aromatic nitrogens is 1. The molecule has 1 heterocycles. The molecule has 1 aliphatic carbocycles. The molecule has 0 bridgehead atoms. The third-order valence-electron chi connectivity index (χ3n) is 3.48. The van der Waals surface area contributed by atoms with Gasteiger partial charge >= 0.3 is 0 Å². The lowest BCUT2D eigenvalue weighted by molar-refractivity contribution is -0.123. The van der Waals surface area contributed by atoms with Crippen LogP contribution in [0.2, 0.25) is 0 Å². The average molecular weight is 268 g/mol. The molecule has 1 unspecified atom stereocenters. The molecular formula is C13H20N2O2S. The summed E-state index contributed by atoms with van der Waals surface area (Å²) in [7, 11) is 0. The van der Waals surface area contributed by atoms with Crippen LogP contribution in [0.3, 0.4) is 0 Å². The molecule has 0 aromatic carbocycles. The molecule has 0 saturated heterocycles. The monoisotopic (exact) mass is 268 g/mol. The second-order valence-corrected chi connectivity index (χ2v) is 6.10. The van der Waals surface area contributed by atoms with Crippen LogP contribution >= 0.6 is 11.3 Å². The Kier molecular flexibility index (Phi) is 4.02. The van der Waals surface area contributed by atoms with Crippen molar-refractivity contribution in [3.8, 4) is 0 Å². The highest BCUT2D eigenvalue weighted by Gasteiger charge is 2.42. The predicted octanol–water partition coefficient (Wildman–Crippen LogP) is 1.53. The van der Waals surface area contributed by atoms with Gasteiger partial charge < -0.3 is 10.4 Å². The van der Waals surface area contributed by atoms with Crippen molar-refractivity contribution in [2.75, 3.05) is 6.61 Å². The van der Waals surface area contributed by atoms with Crippen LogP contribution in [0.15, 0.2) is 5.38 Å². The van der Waals surface area contributed by atoms with Crippen molar-refractivity contribution >= 4 is 17.2 Å². The quantitative estimate of drug-likeness (QED) is 0.822. The van der Waals surface area contributed by atoms with Crippen LogP contribution in [-0.2, 0) is 17.6 Å². The lowest BCUT2D eigenvalue weighted by Gasteiger charge is -2.28. The van der Waals surface area contributed by atoms with Crippen LogP contribution in [-0.4, -0.2) is 28.1 Å². The zero-order chi connectivity index (χ0) is 13.2. The number of thiazole rings is 1. The molecule has 0 aliphatic heterocycles. The van der Waals surface area contributed by atoms with Crippen molar-refractivity contribution in [2.24, 2.45) is 5.92 Å². The number of amides is 1. The molecule has 1 aromatic heterocycles. The number of nitrogens with zero attached hydrogens (tertiary/aromatic N) is 1. The average Bonchev–Trinajstić information content (AvgIpc) is 3.11. The number of aliphatic hydroxyl groups excluding tert-OH is 1. The summed E-state index contributed by atoms with van der Waals surface area (Å²) in [6.07, 6.45) is 3.39. The highest BCUT2D eigenvalue weighted by Crippen LogP contribution is 2.39. The molecule has 4 nitrogen and oxygen atoms in total. The van der Waals surface area contributed by atoms with Gasteiger partial charge in [0.2, 0.25) is 5.91 Å². The van der Waals surface area contributed by atoms with E-state index < -0.39 is 5.54 Å². The van der Waals surface area contributed by atoms with Crippen molar-refractivity contribution < 1.29 is 9.90 Å². The van der Waals surface area contributed by atoms with Crippen LogP contribution in [0.25, 0.3) is 0 Å². The van der Waals surface area contributed by atoms with Crippen molar-refractivity contribution in [1.29, 1.82) is 0 Å². The van der Waals surface area contributed by atoms with E-state index in [1.807, 2.05) is 12.3 Å². The minimum Gasteiger partial charge on any atom is -0.394 e. The van der Waals surface area contributed by atoms with Gasteiger partial charge in [-0.25, -0.2) is 4.98 Å². The lowest BCUT2D eigenvalue weighted by Crippen LogP contribution is -2.51. The summed E-state index contributed by atoms with van der Waals surface area (Å²) in [5, 5.41) is 15.4. The number of hydrogen-bond acceptors (Lipinski definition) is 4. The second kappa shape index (κ2) is 5.36. The normalized spacial score (nSPS) is 18.4. The highest BCUT2D eigenvalue weighted by molar-refractivity contribution is 7.09. The topological polar surface area (TPSA) is 62.2 Å². The first kappa shape index (κ1) is 13.5. The molecule has 2 rings (SSSR count). The molecule has 0 spiro atoms. The van der Waals surface area contributed by atoms with Gasteiger partial charge in [-0.05, 0) is 32.1 Å². The molecule has 1 amide bonds. The van der Waals surface area contributed by atoms with E-state index in [2.05, 4.69) is 17.2 Å². The van der Waals surface area contributed by atoms with Gasteiger partial charge in [-0.2, -0.15) is 0 Å². The van der Waals surface area contributed by atoms with Gasteiger partial charge in [0.25, 0.3) is 0 Å². The van der Waals surface area contributed by atoms with Crippen molar-refractivity contribution in [3.63, 3.8) is 0 Å². The largest absolute Gasteiger partial charge is 0.394 e. The van der Waals surface area contributed by atoms with E-state index in [9.17, 15) is 9.90 Å². The first-order valence-electron chi connectivity index (χ1n) is 6.42. The van der Waals surface area contributed by atoms with Crippen molar-refractivity contribution in [2.45, 2.75) is 45.1 Å². The Hall–Kier alpha value is -0.940. The maximum Gasteiger partial charge on any atom is 0.226 e.